The van der Waals surface area contributed by atoms with Gasteiger partial charge < -0.3 is 15.2 Å². The lowest BCUT2D eigenvalue weighted by molar-refractivity contribution is 0.117. The van der Waals surface area contributed by atoms with Crippen LogP contribution in [0.1, 0.15) is 32.6 Å². The molecule has 0 aromatic rings. The van der Waals surface area contributed by atoms with E-state index in [9.17, 15) is 5.11 Å². The van der Waals surface area contributed by atoms with Crippen molar-refractivity contribution in [3.63, 3.8) is 0 Å². The molecule has 0 aliphatic heterocycles. The maximum Gasteiger partial charge on any atom is 0.0693 e. The van der Waals surface area contributed by atoms with Crippen LogP contribution in [0.25, 0.3) is 0 Å². The van der Waals surface area contributed by atoms with Gasteiger partial charge in [0.25, 0.3) is 0 Å². The molecule has 2 N–H and O–H groups in total. The minimum atomic E-state index is -0.147. The van der Waals surface area contributed by atoms with Crippen molar-refractivity contribution in [2.24, 2.45) is 0 Å². The molecule has 0 heterocycles. The van der Waals surface area contributed by atoms with Gasteiger partial charge in [0, 0.05) is 19.2 Å². The molecule has 1 fully saturated rings. The summed E-state index contributed by atoms with van der Waals surface area (Å²) in [6.07, 6.45) is 4.09. The van der Waals surface area contributed by atoms with Crippen LogP contribution in [0.5, 0.6) is 0 Å². The standard InChI is InChI=1S/C10H21NO2/c1-3-8(7-13-2)11-9-5-4-6-10(9)12/h8-12H,3-7H2,1-2H3. The summed E-state index contributed by atoms with van der Waals surface area (Å²) in [5, 5.41) is 13.0. The van der Waals surface area contributed by atoms with Crippen LogP contribution in [-0.4, -0.2) is 37.0 Å². The van der Waals surface area contributed by atoms with Crippen molar-refractivity contribution in [1.82, 2.24) is 5.32 Å². The molecule has 3 atom stereocenters. The lowest BCUT2D eigenvalue weighted by Gasteiger charge is -2.23. The molecule has 13 heavy (non-hydrogen) atoms. The summed E-state index contributed by atoms with van der Waals surface area (Å²) in [5.74, 6) is 0. The monoisotopic (exact) mass is 187 g/mol. The summed E-state index contributed by atoms with van der Waals surface area (Å²) in [7, 11) is 1.72. The van der Waals surface area contributed by atoms with Crippen molar-refractivity contribution in [3.05, 3.63) is 0 Å². The fraction of sp³-hybridized carbons (Fsp3) is 1.00. The average Bonchev–Trinajstić information content (AvgIpc) is 2.51. The van der Waals surface area contributed by atoms with E-state index >= 15 is 0 Å². The molecule has 3 nitrogen and oxygen atoms in total. The minimum absolute atomic E-state index is 0.147. The van der Waals surface area contributed by atoms with Gasteiger partial charge in [-0.3, -0.25) is 0 Å². The van der Waals surface area contributed by atoms with Crippen LogP contribution < -0.4 is 5.32 Å². The Morgan fingerprint density at radius 2 is 2.31 bits per heavy atom. The van der Waals surface area contributed by atoms with Crippen molar-refractivity contribution >= 4 is 0 Å². The minimum Gasteiger partial charge on any atom is -0.392 e. The van der Waals surface area contributed by atoms with E-state index in [0.717, 1.165) is 32.3 Å². The van der Waals surface area contributed by atoms with Gasteiger partial charge in [0.05, 0.1) is 12.7 Å². The van der Waals surface area contributed by atoms with E-state index in [1.54, 1.807) is 7.11 Å². The number of ether oxygens (including phenoxy) is 1. The number of rotatable bonds is 5. The van der Waals surface area contributed by atoms with Crippen molar-refractivity contribution in [1.29, 1.82) is 0 Å². The van der Waals surface area contributed by atoms with Crippen molar-refractivity contribution in [3.8, 4) is 0 Å². The third kappa shape index (κ3) is 3.25. The lowest BCUT2D eigenvalue weighted by atomic mass is 10.1. The second kappa shape index (κ2) is 5.58. The van der Waals surface area contributed by atoms with Crippen LogP contribution in [0.4, 0.5) is 0 Å². The Bertz CT molecular complexity index is 141. The van der Waals surface area contributed by atoms with Crippen LogP contribution in [0.2, 0.25) is 0 Å². The van der Waals surface area contributed by atoms with E-state index < -0.39 is 0 Å². The molecule has 1 saturated carbocycles. The van der Waals surface area contributed by atoms with E-state index in [2.05, 4.69) is 12.2 Å². The smallest absolute Gasteiger partial charge is 0.0693 e. The molecule has 78 valence electrons. The fourth-order valence-electron chi connectivity index (χ4n) is 1.92. The topological polar surface area (TPSA) is 41.5 Å². The molecule has 0 bridgehead atoms. The highest BCUT2D eigenvalue weighted by Gasteiger charge is 2.26. The van der Waals surface area contributed by atoms with Gasteiger partial charge in [0.15, 0.2) is 0 Å². The van der Waals surface area contributed by atoms with Gasteiger partial charge in [-0.15, -0.1) is 0 Å². The molecule has 1 aliphatic rings. The largest absolute Gasteiger partial charge is 0.392 e. The molecular formula is C10H21NO2. The number of nitrogens with one attached hydrogen (secondary N) is 1. The zero-order valence-electron chi connectivity index (χ0n) is 8.62. The number of hydrogen-bond donors (Lipinski definition) is 2. The van der Waals surface area contributed by atoms with Gasteiger partial charge in [-0.25, -0.2) is 0 Å². The lowest BCUT2D eigenvalue weighted by Crippen LogP contribution is -2.44. The third-order valence-corrected chi connectivity index (χ3v) is 2.79. The predicted octanol–water partition coefficient (Wildman–Crippen LogP) is 0.914. The summed E-state index contributed by atoms with van der Waals surface area (Å²) < 4.78 is 5.10. The average molecular weight is 187 g/mol. The Morgan fingerprint density at radius 3 is 2.77 bits per heavy atom. The Hall–Kier alpha value is -0.120. The molecule has 3 unspecified atom stereocenters. The van der Waals surface area contributed by atoms with E-state index in [1.807, 2.05) is 0 Å². The molecular weight excluding hydrogens is 166 g/mol. The van der Waals surface area contributed by atoms with Crippen molar-refractivity contribution in [2.45, 2.75) is 50.8 Å². The number of methoxy groups -OCH3 is 1. The summed E-state index contributed by atoms with van der Waals surface area (Å²) in [5.41, 5.74) is 0. The van der Waals surface area contributed by atoms with Crippen LogP contribution in [0.3, 0.4) is 0 Å². The van der Waals surface area contributed by atoms with Gasteiger partial charge in [0.1, 0.15) is 0 Å². The molecule has 1 rings (SSSR count). The molecule has 0 radical (unpaired) electrons. The second-order valence-electron chi connectivity index (χ2n) is 3.83. The summed E-state index contributed by atoms with van der Waals surface area (Å²) in [4.78, 5) is 0. The first-order valence-electron chi connectivity index (χ1n) is 5.21. The predicted molar refractivity (Wildman–Crippen MR) is 52.7 cm³/mol. The first kappa shape index (κ1) is 11.0. The Morgan fingerprint density at radius 1 is 1.54 bits per heavy atom. The van der Waals surface area contributed by atoms with Gasteiger partial charge in [0.2, 0.25) is 0 Å². The zero-order valence-corrected chi connectivity index (χ0v) is 8.62. The van der Waals surface area contributed by atoms with Crippen molar-refractivity contribution < 1.29 is 9.84 Å². The highest BCUT2D eigenvalue weighted by molar-refractivity contribution is 4.85. The highest BCUT2D eigenvalue weighted by atomic mass is 16.5. The summed E-state index contributed by atoms with van der Waals surface area (Å²) >= 11 is 0. The second-order valence-corrected chi connectivity index (χ2v) is 3.83. The van der Waals surface area contributed by atoms with E-state index in [1.165, 1.54) is 0 Å². The first-order chi connectivity index (χ1) is 6.27. The van der Waals surface area contributed by atoms with Gasteiger partial charge in [-0.05, 0) is 25.7 Å². The van der Waals surface area contributed by atoms with Crippen LogP contribution in [0, 0.1) is 0 Å². The van der Waals surface area contributed by atoms with Crippen molar-refractivity contribution in [2.75, 3.05) is 13.7 Å². The van der Waals surface area contributed by atoms with E-state index in [4.69, 9.17) is 4.74 Å². The van der Waals surface area contributed by atoms with Crippen LogP contribution >= 0.6 is 0 Å². The Labute approximate surface area is 80.5 Å². The fourth-order valence-corrected chi connectivity index (χ4v) is 1.92. The van der Waals surface area contributed by atoms with E-state index in [0.29, 0.717) is 12.1 Å². The zero-order chi connectivity index (χ0) is 9.68. The molecule has 1 aliphatic carbocycles. The Balaban J connectivity index is 2.27. The normalized spacial score (nSPS) is 30.7. The molecule has 0 aromatic carbocycles. The third-order valence-electron chi connectivity index (χ3n) is 2.79. The van der Waals surface area contributed by atoms with Crippen LogP contribution in [-0.2, 0) is 4.74 Å². The highest BCUT2D eigenvalue weighted by Crippen LogP contribution is 2.19. The number of aliphatic hydroxyl groups is 1. The number of aliphatic hydroxyl groups excluding tert-OH is 1. The molecule has 0 amide bonds. The van der Waals surface area contributed by atoms with Crippen LogP contribution in [0.15, 0.2) is 0 Å². The first-order valence-corrected chi connectivity index (χ1v) is 5.21. The molecule has 0 aromatic heterocycles. The molecule has 0 saturated heterocycles. The summed E-state index contributed by atoms with van der Waals surface area (Å²) in [6.45, 7) is 2.87. The summed E-state index contributed by atoms with van der Waals surface area (Å²) in [6, 6.07) is 0.683. The maximum atomic E-state index is 9.60. The Kier molecular flexibility index (Phi) is 4.70. The van der Waals surface area contributed by atoms with Gasteiger partial charge >= 0.3 is 0 Å². The molecule has 0 spiro atoms. The quantitative estimate of drug-likeness (QED) is 0.672. The number of hydrogen-bond acceptors (Lipinski definition) is 3. The SMILES string of the molecule is CCC(COC)NC1CCCC1O. The maximum absolute atomic E-state index is 9.60. The van der Waals surface area contributed by atoms with E-state index in [-0.39, 0.29) is 6.10 Å². The van der Waals surface area contributed by atoms with Gasteiger partial charge in [-0.2, -0.15) is 0 Å². The van der Waals surface area contributed by atoms with Gasteiger partial charge in [-0.1, -0.05) is 6.92 Å². The molecule has 3 heteroatoms.